The zero-order valence-corrected chi connectivity index (χ0v) is 7.62. The lowest BCUT2D eigenvalue weighted by Crippen LogP contribution is -2.05. The standard InChI is InChI=1S/C10H15NO/c1-3-9-4-5-11-10(7-9)6-8(2)12/h4-5,7-8,12H,3,6H2,1-2H3. The molecule has 1 atom stereocenters. The van der Waals surface area contributed by atoms with E-state index in [1.54, 1.807) is 13.1 Å². The highest BCUT2D eigenvalue weighted by Gasteiger charge is 2.00. The molecular formula is C10H15NO. The molecule has 1 heterocycles. The topological polar surface area (TPSA) is 33.1 Å². The van der Waals surface area contributed by atoms with Crippen molar-refractivity contribution < 1.29 is 5.11 Å². The summed E-state index contributed by atoms with van der Waals surface area (Å²) in [7, 11) is 0. The molecule has 0 amide bonds. The number of hydrogen-bond acceptors (Lipinski definition) is 2. The number of aryl methyl sites for hydroxylation is 1. The van der Waals surface area contributed by atoms with Crippen LogP contribution in [0.3, 0.4) is 0 Å². The summed E-state index contributed by atoms with van der Waals surface area (Å²) in [4.78, 5) is 4.17. The summed E-state index contributed by atoms with van der Waals surface area (Å²) in [6, 6.07) is 4.05. The summed E-state index contributed by atoms with van der Waals surface area (Å²) in [5.41, 5.74) is 2.25. The zero-order valence-electron chi connectivity index (χ0n) is 7.62. The van der Waals surface area contributed by atoms with Crippen LogP contribution in [0.15, 0.2) is 18.3 Å². The van der Waals surface area contributed by atoms with Crippen molar-refractivity contribution in [1.29, 1.82) is 0 Å². The molecule has 66 valence electrons. The Bertz CT molecular complexity index is 245. The van der Waals surface area contributed by atoms with Gasteiger partial charge < -0.3 is 5.11 Å². The Balaban J connectivity index is 2.72. The van der Waals surface area contributed by atoms with Crippen LogP contribution in [0.4, 0.5) is 0 Å². The summed E-state index contributed by atoms with van der Waals surface area (Å²) in [5.74, 6) is 0. The molecule has 1 aromatic rings. The van der Waals surface area contributed by atoms with Gasteiger partial charge in [0.15, 0.2) is 0 Å². The third-order valence-electron chi connectivity index (χ3n) is 1.79. The lowest BCUT2D eigenvalue weighted by molar-refractivity contribution is 0.194. The number of hydrogen-bond donors (Lipinski definition) is 1. The molecule has 0 aliphatic rings. The minimum atomic E-state index is -0.301. The van der Waals surface area contributed by atoms with Crippen LogP contribution in [0.1, 0.15) is 25.1 Å². The highest BCUT2D eigenvalue weighted by molar-refractivity contribution is 5.16. The largest absolute Gasteiger partial charge is 0.393 e. The van der Waals surface area contributed by atoms with Gasteiger partial charge in [-0.25, -0.2) is 0 Å². The Labute approximate surface area is 73.3 Å². The summed E-state index contributed by atoms with van der Waals surface area (Å²) >= 11 is 0. The average Bonchev–Trinajstić information content (AvgIpc) is 2.03. The van der Waals surface area contributed by atoms with E-state index in [1.165, 1.54) is 5.56 Å². The van der Waals surface area contributed by atoms with Gasteiger partial charge in [0.25, 0.3) is 0 Å². The number of pyridine rings is 1. The van der Waals surface area contributed by atoms with E-state index in [9.17, 15) is 0 Å². The SMILES string of the molecule is CCc1ccnc(CC(C)O)c1. The third kappa shape index (κ3) is 2.62. The van der Waals surface area contributed by atoms with Crippen LogP contribution >= 0.6 is 0 Å². The van der Waals surface area contributed by atoms with Gasteiger partial charge in [0.2, 0.25) is 0 Å². The van der Waals surface area contributed by atoms with Crippen molar-refractivity contribution in [2.24, 2.45) is 0 Å². The molecule has 12 heavy (non-hydrogen) atoms. The molecule has 1 aromatic heterocycles. The molecule has 0 aromatic carbocycles. The van der Waals surface area contributed by atoms with E-state index in [0.717, 1.165) is 12.1 Å². The fraction of sp³-hybridized carbons (Fsp3) is 0.500. The second-order valence-electron chi connectivity index (χ2n) is 3.06. The van der Waals surface area contributed by atoms with E-state index in [-0.39, 0.29) is 6.10 Å². The third-order valence-corrected chi connectivity index (χ3v) is 1.79. The average molecular weight is 165 g/mol. The van der Waals surface area contributed by atoms with Gasteiger partial charge in [-0.15, -0.1) is 0 Å². The molecule has 0 radical (unpaired) electrons. The zero-order chi connectivity index (χ0) is 8.97. The smallest absolute Gasteiger partial charge is 0.0567 e. The molecule has 0 saturated heterocycles. The lowest BCUT2D eigenvalue weighted by Gasteiger charge is -2.04. The summed E-state index contributed by atoms with van der Waals surface area (Å²) in [5, 5.41) is 9.13. The van der Waals surface area contributed by atoms with Gasteiger partial charge in [-0.1, -0.05) is 6.92 Å². The first-order valence-corrected chi connectivity index (χ1v) is 4.34. The fourth-order valence-electron chi connectivity index (χ4n) is 1.16. The summed E-state index contributed by atoms with van der Waals surface area (Å²) in [6.07, 6.45) is 3.17. The Morgan fingerprint density at radius 1 is 1.58 bits per heavy atom. The highest BCUT2D eigenvalue weighted by Crippen LogP contribution is 2.04. The summed E-state index contributed by atoms with van der Waals surface area (Å²) in [6.45, 7) is 3.89. The molecule has 1 unspecified atom stereocenters. The van der Waals surface area contributed by atoms with Crippen molar-refractivity contribution >= 4 is 0 Å². The quantitative estimate of drug-likeness (QED) is 0.737. The second kappa shape index (κ2) is 4.21. The molecule has 1 N–H and O–H groups in total. The molecule has 0 bridgehead atoms. The number of aliphatic hydroxyl groups is 1. The maximum atomic E-state index is 9.13. The van der Waals surface area contributed by atoms with Gasteiger partial charge in [0.1, 0.15) is 0 Å². The van der Waals surface area contributed by atoms with Crippen molar-refractivity contribution in [1.82, 2.24) is 4.98 Å². The van der Waals surface area contributed by atoms with Crippen LogP contribution in [0.2, 0.25) is 0 Å². The van der Waals surface area contributed by atoms with Crippen molar-refractivity contribution in [3.63, 3.8) is 0 Å². The van der Waals surface area contributed by atoms with Crippen LogP contribution in [0.25, 0.3) is 0 Å². The van der Waals surface area contributed by atoms with Gasteiger partial charge in [0.05, 0.1) is 6.10 Å². The van der Waals surface area contributed by atoms with Crippen LogP contribution < -0.4 is 0 Å². The second-order valence-corrected chi connectivity index (χ2v) is 3.06. The molecule has 0 aliphatic carbocycles. The monoisotopic (exact) mass is 165 g/mol. The lowest BCUT2D eigenvalue weighted by atomic mass is 10.1. The van der Waals surface area contributed by atoms with Crippen LogP contribution in [-0.2, 0) is 12.8 Å². The van der Waals surface area contributed by atoms with E-state index in [4.69, 9.17) is 5.11 Å². The number of aliphatic hydroxyl groups excluding tert-OH is 1. The van der Waals surface area contributed by atoms with E-state index >= 15 is 0 Å². The number of rotatable bonds is 3. The van der Waals surface area contributed by atoms with Crippen molar-refractivity contribution in [2.45, 2.75) is 32.8 Å². The molecular weight excluding hydrogens is 150 g/mol. The molecule has 0 fully saturated rings. The van der Waals surface area contributed by atoms with Crippen molar-refractivity contribution in [2.75, 3.05) is 0 Å². The van der Waals surface area contributed by atoms with Crippen LogP contribution in [0, 0.1) is 0 Å². The first-order valence-electron chi connectivity index (χ1n) is 4.34. The van der Waals surface area contributed by atoms with Gasteiger partial charge in [-0.3, -0.25) is 4.98 Å². The van der Waals surface area contributed by atoms with Gasteiger partial charge in [-0.05, 0) is 31.0 Å². The van der Waals surface area contributed by atoms with Crippen molar-refractivity contribution in [3.8, 4) is 0 Å². The summed E-state index contributed by atoms with van der Waals surface area (Å²) < 4.78 is 0. The molecule has 0 spiro atoms. The maximum Gasteiger partial charge on any atom is 0.0567 e. The number of aromatic nitrogens is 1. The van der Waals surface area contributed by atoms with E-state index < -0.39 is 0 Å². The van der Waals surface area contributed by atoms with E-state index in [2.05, 4.69) is 11.9 Å². The fourth-order valence-corrected chi connectivity index (χ4v) is 1.16. The number of nitrogens with zero attached hydrogens (tertiary/aromatic N) is 1. The van der Waals surface area contributed by atoms with Crippen molar-refractivity contribution in [3.05, 3.63) is 29.6 Å². The first-order chi connectivity index (χ1) is 5.72. The molecule has 0 saturated carbocycles. The molecule has 2 heteroatoms. The van der Waals surface area contributed by atoms with Gasteiger partial charge >= 0.3 is 0 Å². The first kappa shape index (κ1) is 9.20. The molecule has 0 aliphatic heterocycles. The predicted octanol–water partition coefficient (Wildman–Crippen LogP) is 1.57. The Hall–Kier alpha value is -0.890. The van der Waals surface area contributed by atoms with Gasteiger partial charge in [0, 0.05) is 18.3 Å². The highest BCUT2D eigenvalue weighted by atomic mass is 16.3. The minimum absolute atomic E-state index is 0.301. The Morgan fingerprint density at radius 2 is 2.33 bits per heavy atom. The van der Waals surface area contributed by atoms with Gasteiger partial charge in [-0.2, -0.15) is 0 Å². The van der Waals surface area contributed by atoms with Crippen LogP contribution in [-0.4, -0.2) is 16.2 Å². The van der Waals surface area contributed by atoms with E-state index in [0.29, 0.717) is 6.42 Å². The van der Waals surface area contributed by atoms with Crippen LogP contribution in [0.5, 0.6) is 0 Å². The Morgan fingerprint density at radius 3 is 2.92 bits per heavy atom. The normalized spacial score (nSPS) is 12.9. The Kier molecular flexibility index (Phi) is 3.23. The predicted molar refractivity (Wildman–Crippen MR) is 49.0 cm³/mol. The maximum absolute atomic E-state index is 9.13. The molecule has 2 nitrogen and oxygen atoms in total. The minimum Gasteiger partial charge on any atom is -0.393 e. The molecule has 1 rings (SSSR count). The van der Waals surface area contributed by atoms with E-state index in [1.807, 2.05) is 12.1 Å².